The number of hydrogen-bond acceptors (Lipinski definition) is 5. The predicted octanol–water partition coefficient (Wildman–Crippen LogP) is 5.69. The maximum atomic E-state index is 13.5. The van der Waals surface area contributed by atoms with Crippen molar-refractivity contribution in [1.82, 2.24) is 0 Å². The Balaban J connectivity index is 1.70. The molecule has 4 rings (SSSR count). The van der Waals surface area contributed by atoms with Crippen LogP contribution in [0.2, 0.25) is 0 Å². The number of ether oxygens (including phenoxy) is 2. The van der Waals surface area contributed by atoms with Crippen LogP contribution >= 0.6 is 11.8 Å². The highest BCUT2D eigenvalue weighted by Crippen LogP contribution is 2.48. The first kappa shape index (κ1) is 21.7. The smallest absolute Gasteiger partial charge is 0.338 e. The van der Waals surface area contributed by atoms with E-state index in [4.69, 9.17) is 9.47 Å². The highest BCUT2D eigenvalue weighted by Gasteiger charge is 2.38. The number of methoxy groups -OCH3 is 1. The molecule has 1 unspecified atom stereocenters. The van der Waals surface area contributed by atoms with Gasteiger partial charge >= 0.3 is 5.97 Å². The molecule has 1 fully saturated rings. The number of amides is 1. The van der Waals surface area contributed by atoms with Crippen LogP contribution in [0, 0.1) is 0 Å². The van der Waals surface area contributed by atoms with Crippen LogP contribution in [-0.4, -0.2) is 25.6 Å². The summed E-state index contributed by atoms with van der Waals surface area (Å²) in [4.78, 5) is 27.9. The summed E-state index contributed by atoms with van der Waals surface area (Å²) in [5.41, 5.74) is 3.10. The average Bonchev–Trinajstić information content (AvgIpc) is 3.16. The lowest BCUT2D eigenvalue weighted by atomic mass is 10.1. The standard InChI is InChI=1S/C26H23NO4S/c1-3-31-26(29)20-12-14-21(15-13-20)27-24(28)23(17-18-8-7-11-22(16-18)30-2)32-25(27)19-9-5-4-6-10-19/h4-17,25H,3H2,1-2H3/b23-17-. The topological polar surface area (TPSA) is 55.8 Å². The van der Waals surface area contributed by atoms with Crippen molar-refractivity contribution in [3.05, 3.63) is 100 Å². The number of carbonyl (C=O) groups excluding carboxylic acids is 2. The summed E-state index contributed by atoms with van der Waals surface area (Å²) < 4.78 is 10.4. The van der Waals surface area contributed by atoms with Crippen LogP contribution < -0.4 is 9.64 Å². The number of benzene rings is 3. The summed E-state index contributed by atoms with van der Waals surface area (Å²) >= 11 is 1.51. The van der Waals surface area contributed by atoms with Crippen molar-refractivity contribution in [1.29, 1.82) is 0 Å². The van der Waals surface area contributed by atoms with Crippen molar-refractivity contribution in [3.8, 4) is 5.75 Å². The first-order chi connectivity index (χ1) is 15.6. The zero-order chi connectivity index (χ0) is 22.5. The molecule has 32 heavy (non-hydrogen) atoms. The largest absolute Gasteiger partial charge is 0.497 e. The molecule has 1 heterocycles. The molecule has 0 aromatic heterocycles. The third-order valence-electron chi connectivity index (χ3n) is 5.04. The molecule has 1 aliphatic heterocycles. The Kier molecular flexibility index (Phi) is 6.61. The molecule has 0 bridgehead atoms. The molecule has 0 aliphatic carbocycles. The van der Waals surface area contributed by atoms with E-state index in [0.29, 0.717) is 17.1 Å². The van der Waals surface area contributed by atoms with Gasteiger partial charge in [0.25, 0.3) is 5.91 Å². The van der Waals surface area contributed by atoms with Crippen molar-refractivity contribution in [3.63, 3.8) is 0 Å². The number of hydrogen-bond donors (Lipinski definition) is 0. The van der Waals surface area contributed by atoms with Gasteiger partial charge < -0.3 is 9.47 Å². The van der Waals surface area contributed by atoms with E-state index in [2.05, 4.69) is 0 Å². The number of nitrogens with zero attached hydrogens (tertiary/aromatic N) is 1. The van der Waals surface area contributed by atoms with Crippen molar-refractivity contribution in [2.24, 2.45) is 0 Å². The van der Waals surface area contributed by atoms with E-state index >= 15 is 0 Å². The van der Waals surface area contributed by atoms with Gasteiger partial charge in [-0.2, -0.15) is 0 Å². The van der Waals surface area contributed by atoms with Gasteiger partial charge in [0.15, 0.2) is 0 Å². The first-order valence-corrected chi connectivity index (χ1v) is 11.2. The van der Waals surface area contributed by atoms with Gasteiger partial charge in [-0.3, -0.25) is 9.69 Å². The molecule has 1 atom stereocenters. The van der Waals surface area contributed by atoms with Crippen molar-refractivity contribution < 1.29 is 19.1 Å². The second-order valence-electron chi connectivity index (χ2n) is 7.11. The normalized spacial score (nSPS) is 16.9. The van der Waals surface area contributed by atoms with Gasteiger partial charge in [-0.1, -0.05) is 54.2 Å². The lowest BCUT2D eigenvalue weighted by Gasteiger charge is -2.24. The molecule has 0 radical (unpaired) electrons. The van der Waals surface area contributed by atoms with Gasteiger partial charge in [0.2, 0.25) is 0 Å². The quantitative estimate of drug-likeness (QED) is 0.360. The Bertz CT molecular complexity index is 1140. The number of anilines is 1. The molecular formula is C26H23NO4S. The van der Waals surface area contributed by atoms with Crippen LogP contribution in [0.15, 0.2) is 83.8 Å². The van der Waals surface area contributed by atoms with Crippen LogP contribution in [0.25, 0.3) is 6.08 Å². The molecule has 5 nitrogen and oxygen atoms in total. The summed E-state index contributed by atoms with van der Waals surface area (Å²) in [6.45, 7) is 2.09. The van der Waals surface area contributed by atoms with E-state index in [1.807, 2.05) is 60.7 Å². The lowest BCUT2D eigenvalue weighted by molar-refractivity contribution is -0.114. The Hall–Kier alpha value is -3.51. The summed E-state index contributed by atoms with van der Waals surface area (Å²) in [7, 11) is 1.62. The molecule has 3 aromatic carbocycles. The molecule has 1 amide bonds. The highest BCUT2D eigenvalue weighted by molar-refractivity contribution is 8.05. The minimum atomic E-state index is -0.376. The van der Waals surface area contributed by atoms with E-state index in [1.54, 1.807) is 43.2 Å². The highest BCUT2D eigenvalue weighted by atomic mass is 32.2. The third kappa shape index (κ3) is 4.55. The van der Waals surface area contributed by atoms with Crippen molar-refractivity contribution in [2.75, 3.05) is 18.6 Å². The van der Waals surface area contributed by atoms with E-state index in [9.17, 15) is 9.59 Å². The summed E-state index contributed by atoms with van der Waals surface area (Å²) in [5.74, 6) is 0.274. The molecule has 1 saturated heterocycles. The number of thioether (sulfide) groups is 1. The lowest BCUT2D eigenvalue weighted by Crippen LogP contribution is -2.27. The van der Waals surface area contributed by atoms with Crippen molar-refractivity contribution >= 4 is 35.4 Å². The Labute approximate surface area is 191 Å². The number of esters is 1. The fourth-order valence-corrected chi connectivity index (χ4v) is 4.75. The van der Waals surface area contributed by atoms with Gasteiger partial charge in [-0.05, 0) is 60.5 Å². The van der Waals surface area contributed by atoms with Gasteiger partial charge in [-0.25, -0.2) is 4.79 Å². The third-order valence-corrected chi connectivity index (χ3v) is 6.29. The molecular weight excluding hydrogens is 422 g/mol. The van der Waals surface area contributed by atoms with Gasteiger partial charge in [0.1, 0.15) is 11.1 Å². The number of carbonyl (C=O) groups is 2. The Morgan fingerprint density at radius 3 is 2.47 bits per heavy atom. The Morgan fingerprint density at radius 1 is 1.03 bits per heavy atom. The molecule has 0 N–H and O–H groups in total. The zero-order valence-electron chi connectivity index (χ0n) is 17.9. The fraction of sp³-hybridized carbons (Fsp3) is 0.154. The minimum absolute atomic E-state index is 0.0874. The van der Waals surface area contributed by atoms with E-state index in [0.717, 1.165) is 22.6 Å². The van der Waals surface area contributed by atoms with Crippen LogP contribution in [-0.2, 0) is 9.53 Å². The van der Waals surface area contributed by atoms with Gasteiger partial charge in [0, 0.05) is 5.69 Å². The van der Waals surface area contributed by atoms with Crippen LogP contribution in [0.5, 0.6) is 5.75 Å². The van der Waals surface area contributed by atoms with E-state index in [-0.39, 0.29) is 17.3 Å². The fourth-order valence-electron chi connectivity index (χ4n) is 3.49. The molecule has 0 saturated carbocycles. The summed E-state index contributed by atoms with van der Waals surface area (Å²) in [6.07, 6.45) is 1.89. The van der Waals surface area contributed by atoms with Gasteiger partial charge in [-0.15, -0.1) is 0 Å². The average molecular weight is 446 g/mol. The molecule has 0 spiro atoms. The monoisotopic (exact) mass is 445 g/mol. The SMILES string of the molecule is CCOC(=O)c1ccc(N2C(=O)/C(=C/c3cccc(OC)c3)SC2c2ccccc2)cc1. The molecule has 6 heteroatoms. The van der Waals surface area contributed by atoms with Crippen LogP contribution in [0.1, 0.15) is 33.8 Å². The molecule has 1 aliphatic rings. The van der Waals surface area contributed by atoms with Crippen LogP contribution in [0.3, 0.4) is 0 Å². The van der Waals surface area contributed by atoms with E-state index < -0.39 is 0 Å². The molecule has 3 aromatic rings. The summed E-state index contributed by atoms with van der Waals surface area (Å²) in [6, 6.07) is 24.5. The zero-order valence-corrected chi connectivity index (χ0v) is 18.7. The minimum Gasteiger partial charge on any atom is -0.497 e. The van der Waals surface area contributed by atoms with E-state index in [1.165, 1.54) is 11.8 Å². The summed E-state index contributed by atoms with van der Waals surface area (Å²) in [5, 5.41) is -0.214. The predicted molar refractivity (Wildman–Crippen MR) is 128 cm³/mol. The second kappa shape index (κ2) is 9.75. The number of rotatable bonds is 6. The second-order valence-corrected chi connectivity index (χ2v) is 8.23. The maximum Gasteiger partial charge on any atom is 0.338 e. The van der Waals surface area contributed by atoms with Crippen molar-refractivity contribution in [2.45, 2.75) is 12.3 Å². The molecule has 162 valence electrons. The van der Waals surface area contributed by atoms with Gasteiger partial charge in [0.05, 0.1) is 24.2 Å². The van der Waals surface area contributed by atoms with Crippen LogP contribution in [0.4, 0.5) is 5.69 Å². The Morgan fingerprint density at radius 2 is 1.78 bits per heavy atom. The first-order valence-electron chi connectivity index (χ1n) is 10.3. The maximum absolute atomic E-state index is 13.5.